The van der Waals surface area contributed by atoms with Crippen LogP contribution in [0.15, 0.2) is 18.2 Å². The van der Waals surface area contributed by atoms with Crippen molar-refractivity contribution in [1.29, 1.82) is 0 Å². The highest BCUT2D eigenvalue weighted by molar-refractivity contribution is 5.94. The molecule has 1 aromatic rings. The summed E-state index contributed by atoms with van der Waals surface area (Å²) in [5.41, 5.74) is 1.22. The van der Waals surface area contributed by atoms with Gasteiger partial charge in [-0.3, -0.25) is 4.79 Å². The van der Waals surface area contributed by atoms with E-state index in [4.69, 9.17) is 4.74 Å². The minimum absolute atomic E-state index is 0.0992. The van der Waals surface area contributed by atoms with Crippen molar-refractivity contribution in [1.82, 2.24) is 0 Å². The minimum atomic E-state index is -0.362. The molecule has 2 rings (SSSR count). The first-order valence-corrected chi connectivity index (χ1v) is 6.98. The van der Waals surface area contributed by atoms with Gasteiger partial charge in [-0.2, -0.15) is 0 Å². The summed E-state index contributed by atoms with van der Waals surface area (Å²) in [6.45, 7) is 5.33. The van der Waals surface area contributed by atoms with Crippen molar-refractivity contribution in [2.45, 2.75) is 32.7 Å². The average molecular weight is 280 g/mol. The van der Waals surface area contributed by atoms with Gasteiger partial charge in [0.2, 0.25) is 5.91 Å². The first-order chi connectivity index (χ1) is 9.54. The van der Waals surface area contributed by atoms with Gasteiger partial charge in [-0.05, 0) is 44.4 Å². The fourth-order valence-electron chi connectivity index (χ4n) is 2.26. The Labute approximate surface area is 118 Å². The van der Waals surface area contributed by atoms with Crippen molar-refractivity contribution in [3.05, 3.63) is 24.0 Å². The summed E-state index contributed by atoms with van der Waals surface area (Å²) in [5, 5.41) is 5.98. The molecular weight excluding hydrogens is 259 g/mol. The molecule has 0 unspecified atom stereocenters. The van der Waals surface area contributed by atoms with E-state index in [0.717, 1.165) is 18.7 Å². The molecule has 1 heterocycles. The highest BCUT2D eigenvalue weighted by atomic mass is 19.1. The van der Waals surface area contributed by atoms with Crippen molar-refractivity contribution in [2.75, 3.05) is 23.8 Å². The number of ether oxygens (including phenoxy) is 1. The first-order valence-electron chi connectivity index (χ1n) is 6.98. The molecule has 2 N–H and O–H groups in total. The predicted octanol–water partition coefficient (Wildman–Crippen LogP) is 3.01. The molecular formula is C15H21FN2O2. The van der Waals surface area contributed by atoms with E-state index in [9.17, 15) is 9.18 Å². The van der Waals surface area contributed by atoms with Crippen molar-refractivity contribution < 1.29 is 13.9 Å². The molecule has 0 bridgehead atoms. The number of amides is 1. The first kappa shape index (κ1) is 14.8. The molecule has 4 nitrogen and oxygen atoms in total. The Morgan fingerprint density at radius 2 is 2.25 bits per heavy atom. The lowest BCUT2D eigenvalue weighted by molar-refractivity contribution is -0.117. The van der Waals surface area contributed by atoms with Crippen LogP contribution >= 0.6 is 0 Å². The number of anilines is 2. The number of hydrogen-bond donors (Lipinski definition) is 2. The summed E-state index contributed by atoms with van der Waals surface area (Å²) in [6, 6.07) is 4.57. The van der Waals surface area contributed by atoms with Crippen LogP contribution in [-0.4, -0.2) is 25.2 Å². The fraction of sp³-hybridized carbons (Fsp3) is 0.533. The normalized spacial score (nSPS) is 18.3. The van der Waals surface area contributed by atoms with E-state index in [0.29, 0.717) is 18.7 Å². The van der Waals surface area contributed by atoms with Gasteiger partial charge in [-0.15, -0.1) is 0 Å². The molecule has 20 heavy (non-hydrogen) atoms. The van der Waals surface area contributed by atoms with Gasteiger partial charge in [0.15, 0.2) is 0 Å². The van der Waals surface area contributed by atoms with Gasteiger partial charge in [-0.25, -0.2) is 4.39 Å². The minimum Gasteiger partial charge on any atom is -0.381 e. The molecule has 0 saturated carbocycles. The SMILES string of the molecule is CC(C)Nc1ccc(F)cc1NC(=O)C[C@H]1CCOC1. The molecule has 1 amide bonds. The Hall–Kier alpha value is -1.62. The molecule has 0 radical (unpaired) electrons. The third-order valence-electron chi connectivity index (χ3n) is 3.20. The number of halogens is 1. The molecule has 1 fully saturated rings. The van der Waals surface area contributed by atoms with Crippen LogP contribution in [0.2, 0.25) is 0 Å². The van der Waals surface area contributed by atoms with E-state index < -0.39 is 0 Å². The van der Waals surface area contributed by atoms with Crippen molar-refractivity contribution in [3.63, 3.8) is 0 Å². The smallest absolute Gasteiger partial charge is 0.224 e. The molecule has 0 aliphatic carbocycles. The quantitative estimate of drug-likeness (QED) is 0.871. The second-order valence-electron chi connectivity index (χ2n) is 5.47. The van der Waals surface area contributed by atoms with Crippen LogP contribution in [0.25, 0.3) is 0 Å². The number of benzene rings is 1. The van der Waals surface area contributed by atoms with Crippen LogP contribution in [0.5, 0.6) is 0 Å². The molecule has 5 heteroatoms. The third kappa shape index (κ3) is 4.20. The highest BCUT2D eigenvalue weighted by Gasteiger charge is 2.19. The monoisotopic (exact) mass is 280 g/mol. The number of carbonyl (C=O) groups is 1. The fourth-order valence-corrected chi connectivity index (χ4v) is 2.26. The van der Waals surface area contributed by atoms with Crippen LogP contribution in [0.1, 0.15) is 26.7 Å². The molecule has 0 spiro atoms. The maximum atomic E-state index is 13.3. The highest BCUT2D eigenvalue weighted by Crippen LogP contribution is 2.25. The Bertz CT molecular complexity index is 471. The van der Waals surface area contributed by atoms with Crippen LogP contribution in [0.4, 0.5) is 15.8 Å². The zero-order valence-corrected chi connectivity index (χ0v) is 11.9. The van der Waals surface area contributed by atoms with Gasteiger partial charge in [-0.1, -0.05) is 0 Å². The van der Waals surface area contributed by atoms with Gasteiger partial charge in [0.1, 0.15) is 5.82 Å². The number of carbonyl (C=O) groups excluding carboxylic acids is 1. The van der Waals surface area contributed by atoms with E-state index in [1.165, 1.54) is 12.1 Å². The molecule has 0 aromatic heterocycles. The standard InChI is InChI=1S/C15H21FN2O2/c1-10(2)17-13-4-3-12(16)8-14(13)18-15(19)7-11-5-6-20-9-11/h3-4,8,10-11,17H,5-7,9H2,1-2H3,(H,18,19)/t11-/m1/s1. The zero-order valence-electron chi connectivity index (χ0n) is 11.9. The van der Waals surface area contributed by atoms with Crippen LogP contribution < -0.4 is 10.6 Å². The third-order valence-corrected chi connectivity index (χ3v) is 3.20. The lowest BCUT2D eigenvalue weighted by Crippen LogP contribution is -2.19. The van der Waals surface area contributed by atoms with E-state index in [-0.39, 0.29) is 23.7 Å². The lowest BCUT2D eigenvalue weighted by Gasteiger charge is -2.16. The van der Waals surface area contributed by atoms with E-state index in [1.807, 2.05) is 13.8 Å². The number of rotatable bonds is 5. The van der Waals surface area contributed by atoms with Crippen LogP contribution in [0.3, 0.4) is 0 Å². The maximum Gasteiger partial charge on any atom is 0.224 e. The maximum absolute atomic E-state index is 13.3. The van der Waals surface area contributed by atoms with Crippen LogP contribution in [0, 0.1) is 11.7 Å². The summed E-state index contributed by atoms with van der Waals surface area (Å²) >= 11 is 0. The lowest BCUT2D eigenvalue weighted by atomic mass is 10.0. The van der Waals surface area contributed by atoms with E-state index in [1.54, 1.807) is 6.07 Å². The Morgan fingerprint density at radius 3 is 2.90 bits per heavy atom. The van der Waals surface area contributed by atoms with Crippen molar-refractivity contribution in [2.24, 2.45) is 5.92 Å². The van der Waals surface area contributed by atoms with E-state index in [2.05, 4.69) is 10.6 Å². The van der Waals surface area contributed by atoms with Gasteiger partial charge in [0.25, 0.3) is 0 Å². The molecule has 1 atom stereocenters. The topological polar surface area (TPSA) is 50.4 Å². The van der Waals surface area contributed by atoms with Crippen molar-refractivity contribution >= 4 is 17.3 Å². The van der Waals surface area contributed by atoms with Gasteiger partial charge >= 0.3 is 0 Å². The summed E-state index contributed by atoms with van der Waals surface area (Å²) in [6.07, 6.45) is 1.32. The summed E-state index contributed by atoms with van der Waals surface area (Å²) in [5.74, 6) is -0.193. The molecule has 1 aliphatic rings. The van der Waals surface area contributed by atoms with Gasteiger partial charge < -0.3 is 15.4 Å². The molecule has 1 aromatic carbocycles. The summed E-state index contributed by atoms with van der Waals surface area (Å²) in [4.78, 5) is 12.0. The molecule has 1 saturated heterocycles. The Balaban J connectivity index is 2.02. The van der Waals surface area contributed by atoms with E-state index >= 15 is 0 Å². The number of nitrogens with one attached hydrogen (secondary N) is 2. The second kappa shape index (κ2) is 6.70. The van der Waals surface area contributed by atoms with Crippen LogP contribution in [-0.2, 0) is 9.53 Å². The molecule has 1 aliphatic heterocycles. The average Bonchev–Trinajstić information content (AvgIpc) is 2.84. The zero-order chi connectivity index (χ0) is 14.5. The Kier molecular flexibility index (Phi) is 4.95. The molecule has 110 valence electrons. The second-order valence-corrected chi connectivity index (χ2v) is 5.47. The largest absolute Gasteiger partial charge is 0.381 e. The predicted molar refractivity (Wildman–Crippen MR) is 77.3 cm³/mol. The number of hydrogen-bond acceptors (Lipinski definition) is 3. The Morgan fingerprint density at radius 1 is 1.45 bits per heavy atom. The van der Waals surface area contributed by atoms with Gasteiger partial charge in [0.05, 0.1) is 11.4 Å². The summed E-state index contributed by atoms with van der Waals surface area (Å²) in [7, 11) is 0. The summed E-state index contributed by atoms with van der Waals surface area (Å²) < 4.78 is 18.6. The van der Waals surface area contributed by atoms with Gasteiger partial charge in [0, 0.05) is 25.7 Å². The van der Waals surface area contributed by atoms with Crippen molar-refractivity contribution in [3.8, 4) is 0 Å².